The molecule has 33 heavy (non-hydrogen) atoms. The predicted molar refractivity (Wildman–Crippen MR) is 115 cm³/mol. The van der Waals surface area contributed by atoms with E-state index in [0.29, 0.717) is 28.3 Å². The van der Waals surface area contributed by atoms with Crippen molar-refractivity contribution in [1.82, 2.24) is 9.97 Å². The summed E-state index contributed by atoms with van der Waals surface area (Å²) in [7, 11) is 0. The number of carboxylic acids is 1. The molecule has 172 valence electrons. The second-order valence-corrected chi connectivity index (χ2v) is 8.23. The number of aromatic amines is 1. The van der Waals surface area contributed by atoms with E-state index in [-0.39, 0.29) is 12.5 Å². The van der Waals surface area contributed by atoms with Crippen molar-refractivity contribution >= 4 is 16.9 Å². The number of hydrogen-bond acceptors (Lipinski definition) is 4. The predicted octanol–water partition coefficient (Wildman–Crippen LogP) is 6.09. The third-order valence-electron chi connectivity index (χ3n) is 5.58. The van der Waals surface area contributed by atoms with E-state index in [1.807, 2.05) is 0 Å². The van der Waals surface area contributed by atoms with Gasteiger partial charge in [0.05, 0.1) is 16.7 Å². The molecule has 0 amide bonds. The summed E-state index contributed by atoms with van der Waals surface area (Å²) in [5.74, 6) is 0.204. The normalized spacial score (nSPS) is 12.3. The summed E-state index contributed by atoms with van der Waals surface area (Å²) in [6.07, 6.45) is -2.73. The van der Waals surface area contributed by atoms with Crippen molar-refractivity contribution in [3.8, 4) is 17.2 Å². The van der Waals surface area contributed by atoms with E-state index in [0.717, 1.165) is 23.0 Å². The van der Waals surface area contributed by atoms with Crippen molar-refractivity contribution in [2.24, 2.45) is 0 Å². The molecule has 0 radical (unpaired) electrons. The Bertz CT molecular complexity index is 1320. The van der Waals surface area contributed by atoms with E-state index < -0.39 is 23.1 Å². The van der Waals surface area contributed by atoms with Gasteiger partial charge in [0.15, 0.2) is 5.76 Å². The molecule has 6 nitrogen and oxygen atoms in total. The highest BCUT2D eigenvalue weighted by Crippen LogP contribution is 2.34. The summed E-state index contributed by atoms with van der Waals surface area (Å²) in [5.41, 5.74) is 0.563. The molecule has 2 N–H and O–H groups in total. The lowest BCUT2D eigenvalue weighted by Crippen LogP contribution is -2.28. The topological polar surface area (TPSA) is 88.4 Å². The Morgan fingerprint density at radius 3 is 2.48 bits per heavy atom. The van der Waals surface area contributed by atoms with Crippen LogP contribution in [-0.4, -0.2) is 21.0 Å². The first-order chi connectivity index (χ1) is 15.5. The number of hydrogen-bond donors (Lipinski definition) is 2. The van der Waals surface area contributed by atoms with Crippen LogP contribution in [0.3, 0.4) is 0 Å². The third-order valence-corrected chi connectivity index (χ3v) is 5.58. The number of H-pyrrole nitrogens is 1. The lowest BCUT2D eigenvalue weighted by Gasteiger charge is -2.18. The van der Waals surface area contributed by atoms with Gasteiger partial charge in [-0.1, -0.05) is 0 Å². The zero-order valence-corrected chi connectivity index (χ0v) is 18.1. The van der Waals surface area contributed by atoms with E-state index in [4.69, 9.17) is 9.15 Å². The molecule has 4 rings (SSSR count). The number of carboxylic acid groups (broad SMARTS) is 1. The maximum absolute atomic E-state index is 12.8. The second kappa shape index (κ2) is 7.99. The van der Waals surface area contributed by atoms with Crippen molar-refractivity contribution in [1.29, 1.82) is 0 Å². The number of aromatic nitrogens is 2. The fourth-order valence-electron chi connectivity index (χ4n) is 3.46. The molecule has 0 atom stereocenters. The third kappa shape index (κ3) is 4.30. The Hall–Kier alpha value is -3.75. The maximum Gasteiger partial charge on any atom is 0.416 e. The fourth-order valence-corrected chi connectivity index (χ4v) is 3.46. The van der Waals surface area contributed by atoms with Gasteiger partial charge in [0, 0.05) is 22.7 Å². The van der Waals surface area contributed by atoms with Gasteiger partial charge < -0.3 is 19.2 Å². The van der Waals surface area contributed by atoms with Gasteiger partial charge in [-0.2, -0.15) is 13.2 Å². The minimum Gasteiger partial charge on any atom is -0.486 e. The van der Waals surface area contributed by atoms with E-state index >= 15 is 0 Å². The van der Waals surface area contributed by atoms with Gasteiger partial charge in [0.2, 0.25) is 5.89 Å². The Morgan fingerprint density at radius 2 is 1.85 bits per heavy atom. The number of benzene rings is 2. The molecule has 9 heteroatoms. The van der Waals surface area contributed by atoms with Crippen LogP contribution in [0.15, 0.2) is 53.1 Å². The Kier molecular flexibility index (Phi) is 5.43. The first-order valence-electron chi connectivity index (χ1n) is 10.1. The Balaban J connectivity index is 1.54. The quantitative estimate of drug-likeness (QED) is 0.365. The van der Waals surface area contributed by atoms with Gasteiger partial charge >= 0.3 is 12.1 Å². The Morgan fingerprint density at radius 1 is 1.15 bits per heavy atom. The van der Waals surface area contributed by atoms with Crippen LogP contribution in [0.2, 0.25) is 0 Å². The number of alkyl halides is 3. The summed E-state index contributed by atoms with van der Waals surface area (Å²) < 4.78 is 49.9. The number of carbonyl (C=O) groups is 1. The molecule has 0 aliphatic heterocycles. The maximum atomic E-state index is 12.8. The number of rotatable bonds is 6. The van der Waals surface area contributed by atoms with Crippen molar-refractivity contribution in [2.75, 3.05) is 0 Å². The largest absolute Gasteiger partial charge is 0.486 e. The van der Waals surface area contributed by atoms with Crippen molar-refractivity contribution in [2.45, 2.75) is 39.0 Å². The summed E-state index contributed by atoms with van der Waals surface area (Å²) >= 11 is 0. The van der Waals surface area contributed by atoms with Gasteiger partial charge in [-0.25, -0.2) is 4.98 Å². The van der Waals surface area contributed by atoms with Crippen LogP contribution >= 0.6 is 0 Å². The summed E-state index contributed by atoms with van der Waals surface area (Å²) in [5, 5.41) is 10.3. The molecule has 4 aromatic rings. The first kappa shape index (κ1) is 22.4. The van der Waals surface area contributed by atoms with Gasteiger partial charge in [-0.15, -0.1) is 0 Å². The molecule has 2 heterocycles. The molecular formula is C24H21F3N2O4. The lowest BCUT2D eigenvalue weighted by atomic mass is 9.84. The van der Waals surface area contributed by atoms with E-state index in [1.54, 1.807) is 45.2 Å². The van der Waals surface area contributed by atoms with Crippen LogP contribution in [0.5, 0.6) is 5.75 Å². The van der Waals surface area contributed by atoms with Gasteiger partial charge in [-0.05, 0) is 68.8 Å². The molecule has 0 aliphatic rings. The molecule has 0 spiro atoms. The highest BCUT2D eigenvalue weighted by Gasteiger charge is 2.32. The molecule has 2 aromatic carbocycles. The van der Waals surface area contributed by atoms with Crippen molar-refractivity contribution in [3.63, 3.8) is 0 Å². The molecule has 0 fully saturated rings. The molecule has 0 aliphatic carbocycles. The number of halogens is 3. The fraction of sp³-hybridized carbons (Fsp3) is 0.250. The molecule has 0 saturated carbocycles. The molecular weight excluding hydrogens is 437 g/mol. The highest BCUT2D eigenvalue weighted by molar-refractivity contribution is 5.92. The zero-order chi connectivity index (χ0) is 24.0. The monoisotopic (exact) mass is 458 g/mol. The molecule has 0 saturated heterocycles. The van der Waals surface area contributed by atoms with Crippen molar-refractivity contribution < 1.29 is 32.2 Å². The van der Waals surface area contributed by atoms with Crippen molar-refractivity contribution in [3.05, 3.63) is 71.2 Å². The average Bonchev–Trinajstić information content (AvgIpc) is 3.35. The van der Waals surface area contributed by atoms with Crippen LogP contribution in [0, 0.1) is 6.92 Å². The lowest BCUT2D eigenvalue weighted by molar-refractivity contribution is -0.142. The van der Waals surface area contributed by atoms with E-state index in [9.17, 15) is 23.1 Å². The number of aliphatic carboxylic acids is 1. The first-order valence-corrected chi connectivity index (χ1v) is 10.1. The molecule has 0 unspecified atom stereocenters. The minimum absolute atomic E-state index is 0.0487. The number of oxazole rings is 1. The van der Waals surface area contributed by atoms with Crippen LogP contribution in [0.25, 0.3) is 22.4 Å². The number of nitrogens with one attached hydrogen (secondary N) is 1. The van der Waals surface area contributed by atoms with Crippen LogP contribution in [0.1, 0.15) is 36.4 Å². The van der Waals surface area contributed by atoms with E-state index in [2.05, 4.69) is 9.97 Å². The second-order valence-electron chi connectivity index (χ2n) is 8.23. The van der Waals surface area contributed by atoms with Gasteiger partial charge in [0.25, 0.3) is 0 Å². The summed E-state index contributed by atoms with van der Waals surface area (Å²) in [6, 6.07) is 9.88. The average molecular weight is 458 g/mol. The SMILES string of the molecule is Cc1nc(-c2ccc(C(F)(F)F)cc2)oc1COc1ccc2[nH]cc(C(C)(C)C(=O)O)c2c1. The van der Waals surface area contributed by atoms with E-state index in [1.165, 1.54) is 12.1 Å². The zero-order valence-electron chi connectivity index (χ0n) is 18.1. The highest BCUT2D eigenvalue weighted by atomic mass is 19.4. The number of ether oxygens (including phenoxy) is 1. The number of aryl methyl sites for hydroxylation is 1. The van der Waals surface area contributed by atoms with Crippen LogP contribution < -0.4 is 4.74 Å². The number of fused-ring (bicyclic) bond motifs is 1. The van der Waals surface area contributed by atoms with Crippen LogP contribution in [0.4, 0.5) is 13.2 Å². The summed E-state index contributed by atoms with van der Waals surface area (Å²) in [4.78, 5) is 19.0. The molecule has 0 bridgehead atoms. The van der Waals surface area contributed by atoms with Crippen LogP contribution in [-0.2, 0) is 23.0 Å². The standard InChI is InChI=1S/C24H21F3N2O4/c1-13-20(33-21(29-13)14-4-6-15(7-5-14)24(25,26)27)12-32-16-8-9-19-17(10-16)18(11-28-19)23(2,3)22(30)31/h4-11,28H,12H2,1-3H3,(H,30,31). The molecule has 2 aromatic heterocycles. The van der Waals surface area contributed by atoms with Gasteiger partial charge in [0.1, 0.15) is 12.4 Å². The summed E-state index contributed by atoms with van der Waals surface area (Å²) in [6.45, 7) is 5.03. The smallest absolute Gasteiger partial charge is 0.416 e. The Labute approximate surface area is 187 Å². The van der Waals surface area contributed by atoms with Gasteiger partial charge in [-0.3, -0.25) is 4.79 Å². The number of nitrogens with zero attached hydrogens (tertiary/aromatic N) is 1. The minimum atomic E-state index is -4.41.